The minimum absolute atomic E-state index is 0.190. The molecule has 1 aliphatic carbocycles. The molecular weight excluding hydrogens is 241 g/mol. The van der Waals surface area contributed by atoms with E-state index in [1.807, 2.05) is 0 Å². The highest BCUT2D eigenvalue weighted by atomic mass is 35.5. The summed E-state index contributed by atoms with van der Waals surface area (Å²) in [7, 11) is 0. The van der Waals surface area contributed by atoms with Crippen LogP contribution in [0.4, 0.5) is 13.2 Å². The Kier molecular flexibility index (Phi) is 5.90. The molecule has 0 amide bonds. The Balaban J connectivity index is 1.81. The van der Waals surface area contributed by atoms with Crippen LogP contribution in [0.25, 0.3) is 0 Å². The predicted molar refractivity (Wildman–Crippen MR) is 57.7 cm³/mol. The predicted octanol–water partition coefficient (Wildman–Crippen LogP) is 4.14. The van der Waals surface area contributed by atoms with Gasteiger partial charge in [0.1, 0.15) is 6.61 Å². The zero-order valence-electron chi connectivity index (χ0n) is 9.23. The number of rotatable bonds is 8. The number of halogens is 4. The van der Waals surface area contributed by atoms with Crippen LogP contribution in [0.15, 0.2) is 0 Å². The molecule has 0 bridgehead atoms. The Morgan fingerprint density at radius 1 is 1.19 bits per heavy atom. The summed E-state index contributed by atoms with van der Waals surface area (Å²) in [6, 6.07) is 0. The van der Waals surface area contributed by atoms with Crippen LogP contribution in [-0.2, 0) is 4.74 Å². The Morgan fingerprint density at radius 2 is 1.88 bits per heavy atom. The summed E-state index contributed by atoms with van der Waals surface area (Å²) in [4.78, 5) is 0. The fraction of sp³-hybridized carbons (Fsp3) is 1.00. The second-order valence-electron chi connectivity index (χ2n) is 4.37. The van der Waals surface area contributed by atoms with Gasteiger partial charge in [0.2, 0.25) is 0 Å². The van der Waals surface area contributed by atoms with Gasteiger partial charge in [0.25, 0.3) is 0 Å². The van der Waals surface area contributed by atoms with Crippen molar-refractivity contribution in [3.8, 4) is 0 Å². The van der Waals surface area contributed by atoms with Crippen molar-refractivity contribution in [1.82, 2.24) is 0 Å². The average Bonchev–Trinajstić information content (AvgIpc) is 2.97. The lowest BCUT2D eigenvalue weighted by Crippen LogP contribution is -2.17. The lowest BCUT2D eigenvalue weighted by Gasteiger charge is -2.08. The van der Waals surface area contributed by atoms with Crippen LogP contribution in [0, 0.1) is 5.92 Å². The smallest absolute Gasteiger partial charge is 0.372 e. The maximum Gasteiger partial charge on any atom is 0.411 e. The summed E-state index contributed by atoms with van der Waals surface area (Å²) in [6.45, 7) is -0.941. The number of alkyl halides is 4. The van der Waals surface area contributed by atoms with Crippen molar-refractivity contribution < 1.29 is 17.9 Å². The van der Waals surface area contributed by atoms with Crippen LogP contribution in [0.5, 0.6) is 0 Å². The van der Waals surface area contributed by atoms with E-state index in [1.54, 1.807) is 0 Å². The second-order valence-corrected chi connectivity index (χ2v) is 4.93. The monoisotopic (exact) mass is 258 g/mol. The van der Waals surface area contributed by atoms with Crippen molar-refractivity contribution in [2.75, 3.05) is 13.2 Å². The molecule has 0 aromatic rings. The number of unbranched alkanes of at least 4 members (excludes halogenated alkanes) is 2. The summed E-state index contributed by atoms with van der Waals surface area (Å²) in [5, 5.41) is 0.274. The third-order valence-electron chi connectivity index (χ3n) is 2.67. The summed E-state index contributed by atoms with van der Waals surface area (Å²) in [5.74, 6) is 0.697. The Bertz CT molecular complexity index is 192. The molecule has 96 valence electrons. The Labute approximate surface area is 99.3 Å². The van der Waals surface area contributed by atoms with Gasteiger partial charge in [-0.05, 0) is 31.6 Å². The van der Waals surface area contributed by atoms with E-state index in [0.29, 0.717) is 12.3 Å². The molecule has 1 saturated carbocycles. The highest BCUT2D eigenvalue weighted by Gasteiger charge is 2.29. The highest BCUT2D eigenvalue weighted by Crippen LogP contribution is 2.37. The van der Waals surface area contributed by atoms with Gasteiger partial charge in [0.15, 0.2) is 0 Å². The van der Waals surface area contributed by atoms with Gasteiger partial charge in [0.05, 0.1) is 0 Å². The van der Waals surface area contributed by atoms with Crippen molar-refractivity contribution in [2.24, 2.45) is 5.92 Å². The van der Waals surface area contributed by atoms with Gasteiger partial charge in [-0.3, -0.25) is 0 Å². The average molecular weight is 259 g/mol. The van der Waals surface area contributed by atoms with Crippen LogP contribution >= 0.6 is 11.6 Å². The maximum absolute atomic E-state index is 11.7. The van der Waals surface area contributed by atoms with E-state index in [2.05, 4.69) is 4.74 Å². The first-order valence-electron chi connectivity index (χ1n) is 5.77. The van der Waals surface area contributed by atoms with E-state index in [4.69, 9.17) is 11.6 Å². The SMILES string of the molecule is FC(F)(F)COCCCCCC(Cl)C1CC1. The quantitative estimate of drug-likeness (QED) is 0.470. The van der Waals surface area contributed by atoms with Gasteiger partial charge in [-0.25, -0.2) is 0 Å². The first-order valence-corrected chi connectivity index (χ1v) is 6.21. The molecular formula is C11H18ClF3O. The number of ether oxygens (including phenoxy) is 1. The first kappa shape index (κ1) is 14.1. The number of hydrogen-bond donors (Lipinski definition) is 0. The maximum atomic E-state index is 11.7. The molecule has 1 nitrogen and oxygen atoms in total. The lowest BCUT2D eigenvalue weighted by atomic mass is 10.1. The van der Waals surface area contributed by atoms with Gasteiger partial charge in [0, 0.05) is 12.0 Å². The van der Waals surface area contributed by atoms with Crippen LogP contribution in [0.1, 0.15) is 38.5 Å². The summed E-state index contributed by atoms with van der Waals surface area (Å²) in [5.41, 5.74) is 0. The normalized spacial score (nSPS) is 18.8. The summed E-state index contributed by atoms with van der Waals surface area (Å²) >= 11 is 6.10. The second kappa shape index (κ2) is 6.70. The van der Waals surface area contributed by atoms with Crippen LogP contribution < -0.4 is 0 Å². The van der Waals surface area contributed by atoms with Crippen molar-refractivity contribution in [2.45, 2.75) is 50.1 Å². The minimum Gasteiger partial charge on any atom is -0.372 e. The fourth-order valence-electron chi connectivity index (χ4n) is 1.60. The molecule has 5 heteroatoms. The molecule has 0 N–H and O–H groups in total. The Hall–Kier alpha value is 0.0400. The lowest BCUT2D eigenvalue weighted by molar-refractivity contribution is -0.174. The summed E-state index contributed by atoms with van der Waals surface area (Å²) in [6.07, 6.45) is 1.82. The molecule has 1 rings (SSSR count). The van der Waals surface area contributed by atoms with E-state index in [1.165, 1.54) is 12.8 Å². The van der Waals surface area contributed by atoms with Crippen molar-refractivity contribution in [3.05, 3.63) is 0 Å². The molecule has 0 saturated heterocycles. The van der Waals surface area contributed by atoms with Crippen LogP contribution in [0.3, 0.4) is 0 Å². The topological polar surface area (TPSA) is 9.23 Å². The molecule has 1 fully saturated rings. The van der Waals surface area contributed by atoms with Gasteiger partial charge < -0.3 is 4.74 Å². The molecule has 1 unspecified atom stereocenters. The summed E-state index contributed by atoms with van der Waals surface area (Å²) < 4.78 is 39.6. The standard InChI is InChI=1S/C11H18ClF3O/c12-10(9-5-6-9)4-2-1-3-7-16-8-11(13,14)15/h9-10H,1-8H2. The zero-order chi connectivity index (χ0) is 12.0. The van der Waals surface area contributed by atoms with E-state index in [0.717, 1.165) is 19.3 Å². The third-order valence-corrected chi connectivity index (χ3v) is 3.24. The Morgan fingerprint density at radius 3 is 2.44 bits per heavy atom. The van der Waals surface area contributed by atoms with E-state index >= 15 is 0 Å². The van der Waals surface area contributed by atoms with E-state index in [9.17, 15) is 13.2 Å². The number of hydrogen-bond acceptors (Lipinski definition) is 1. The van der Waals surface area contributed by atoms with Gasteiger partial charge in [-0.2, -0.15) is 13.2 Å². The van der Waals surface area contributed by atoms with Gasteiger partial charge in [-0.15, -0.1) is 11.6 Å². The molecule has 0 radical (unpaired) electrons. The van der Waals surface area contributed by atoms with Crippen LogP contribution in [0.2, 0.25) is 0 Å². The fourth-order valence-corrected chi connectivity index (χ4v) is 2.01. The molecule has 16 heavy (non-hydrogen) atoms. The van der Waals surface area contributed by atoms with Crippen molar-refractivity contribution in [3.63, 3.8) is 0 Å². The van der Waals surface area contributed by atoms with Crippen molar-refractivity contribution in [1.29, 1.82) is 0 Å². The van der Waals surface area contributed by atoms with Gasteiger partial charge in [-0.1, -0.05) is 12.8 Å². The van der Waals surface area contributed by atoms with Crippen molar-refractivity contribution >= 4 is 11.6 Å². The van der Waals surface area contributed by atoms with Gasteiger partial charge >= 0.3 is 6.18 Å². The van der Waals surface area contributed by atoms with Crippen LogP contribution in [-0.4, -0.2) is 24.8 Å². The zero-order valence-corrected chi connectivity index (χ0v) is 9.99. The largest absolute Gasteiger partial charge is 0.411 e. The molecule has 0 spiro atoms. The molecule has 1 aliphatic rings. The molecule has 0 heterocycles. The highest BCUT2D eigenvalue weighted by molar-refractivity contribution is 6.20. The minimum atomic E-state index is -4.20. The molecule has 0 aromatic carbocycles. The molecule has 0 aliphatic heterocycles. The first-order chi connectivity index (χ1) is 7.49. The van der Waals surface area contributed by atoms with E-state index in [-0.39, 0.29) is 12.0 Å². The molecule has 0 aromatic heterocycles. The molecule has 1 atom stereocenters. The van der Waals surface area contributed by atoms with E-state index < -0.39 is 12.8 Å². The third kappa shape index (κ3) is 7.34.